The van der Waals surface area contributed by atoms with Crippen LogP contribution in [-0.2, 0) is 14.8 Å². The molecule has 7 heteroatoms. The molecule has 6 nitrogen and oxygen atoms in total. The molecular weight excluding hydrogens is 340 g/mol. The van der Waals surface area contributed by atoms with Gasteiger partial charge in [-0.05, 0) is 43.2 Å². The Labute approximate surface area is 148 Å². The fraction of sp³-hybridized carbons (Fsp3) is 0.278. The zero-order valence-corrected chi connectivity index (χ0v) is 15.6. The van der Waals surface area contributed by atoms with E-state index in [1.165, 1.54) is 20.2 Å². The van der Waals surface area contributed by atoms with Crippen molar-refractivity contribution < 1.29 is 17.9 Å². The second-order valence-corrected chi connectivity index (χ2v) is 7.72. The molecule has 1 N–H and O–H groups in total. The fourth-order valence-electron chi connectivity index (χ4n) is 2.36. The minimum atomic E-state index is -3.84. The summed E-state index contributed by atoms with van der Waals surface area (Å²) in [6, 6.07) is 11.9. The van der Waals surface area contributed by atoms with E-state index in [-0.39, 0.29) is 17.2 Å². The van der Waals surface area contributed by atoms with Crippen LogP contribution in [0.2, 0.25) is 0 Å². The van der Waals surface area contributed by atoms with Crippen molar-refractivity contribution in [3.8, 4) is 5.75 Å². The first-order valence-corrected chi connectivity index (χ1v) is 9.16. The highest BCUT2D eigenvalue weighted by Gasteiger charge is 2.26. The molecule has 1 amide bonds. The molecule has 0 aliphatic heterocycles. The molecule has 0 fully saturated rings. The molecule has 0 spiro atoms. The summed E-state index contributed by atoms with van der Waals surface area (Å²) in [5.41, 5.74) is 2.67. The molecule has 0 aromatic heterocycles. The number of amides is 1. The van der Waals surface area contributed by atoms with Crippen LogP contribution in [0.4, 0.5) is 5.69 Å². The SMILES string of the molecule is COc1ccccc1S(=O)(=O)N(C)CC(=O)Nc1cccc(C)c1C. The Morgan fingerprint density at radius 2 is 1.80 bits per heavy atom. The third kappa shape index (κ3) is 4.18. The quantitative estimate of drug-likeness (QED) is 0.857. The highest BCUT2D eigenvalue weighted by atomic mass is 32.2. The van der Waals surface area contributed by atoms with Crippen molar-refractivity contribution in [2.24, 2.45) is 0 Å². The monoisotopic (exact) mass is 362 g/mol. The van der Waals surface area contributed by atoms with Crippen molar-refractivity contribution in [1.29, 1.82) is 0 Å². The first-order chi connectivity index (χ1) is 11.8. The number of methoxy groups -OCH3 is 1. The van der Waals surface area contributed by atoms with Crippen LogP contribution in [0.15, 0.2) is 47.4 Å². The van der Waals surface area contributed by atoms with Crippen molar-refractivity contribution in [3.05, 3.63) is 53.6 Å². The standard InChI is InChI=1S/C18H22N2O4S/c1-13-8-7-9-15(14(13)2)19-18(21)12-20(3)25(22,23)17-11-6-5-10-16(17)24-4/h5-11H,12H2,1-4H3,(H,19,21). The number of carbonyl (C=O) groups is 1. The zero-order chi connectivity index (χ0) is 18.6. The van der Waals surface area contributed by atoms with Gasteiger partial charge in [-0.1, -0.05) is 24.3 Å². The molecule has 0 atom stereocenters. The van der Waals surface area contributed by atoms with Crippen LogP contribution < -0.4 is 10.1 Å². The Morgan fingerprint density at radius 1 is 1.12 bits per heavy atom. The molecule has 2 rings (SSSR count). The summed E-state index contributed by atoms with van der Waals surface area (Å²) in [6.45, 7) is 3.55. The maximum absolute atomic E-state index is 12.7. The van der Waals surface area contributed by atoms with Gasteiger partial charge in [-0.15, -0.1) is 0 Å². The molecule has 2 aromatic rings. The van der Waals surface area contributed by atoms with Crippen molar-refractivity contribution in [3.63, 3.8) is 0 Å². The number of aryl methyl sites for hydroxylation is 1. The highest BCUT2D eigenvalue weighted by molar-refractivity contribution is 7.89. The van der Waals surface area contributed by atoms with Crippen LogP contribution >= 0.6 is 0 Å². The van der Waals surface area contributed by atoms with Gasteiger partial charge in [-0.3, -0.25) is 4.79 Å². The van der Waals surface area contributed by atoms with Crippen LogP contribution in [0.3, 0.4) is 0 Å². The van der Waals surface area contributed by atoms with Gasteiger partial charge in [0.2, 0.25) is 15.9 Å². The summed E-state index contributed by atoms with van der Waals surface area (Å²) in [4.78, 5) is 12.3. The van der Waals surface area contributed by atoms with Crippen LogP contribution in [0.25, 0.3) is 0 Å². The first kappa shape index (κ1) is 19.0. The zero-order valence-electron chi connectivity index (χ0n) is 14.7. The van der Waals surface area contributed by atoms with E-state index in [1.807, 2.05) is 26.0 Å². The van der Waals surface area contributed by atoms with Crippen molar-refractivity contribution in [2.75, 3.05) is 26.0 Å². The summed E-state index contributed by atoms with van der Waals surface area (Å²) < 4.78 is 31.5. The number of para-hydroxylation sites is 1. The van der Waals surface area contributed by atoms with E-state index >= 15 is 0 Å². The Hall–Kier alpha value is -2.38. The fourth-order valence-corrected chi connectivity index (χ4v) is 3.64. The number of nitrogens with one attached hydrogen (secondary N) is 1. The number of ether oxygens (including phenoxy) is 1. The molecule has 0 aliphatic rings. The van der Waals surface area contributed by atoms with E-state index < -0.39 is 15.9 Å². The molecule has 134 valence electrons. The Bertz CT molecular complexity index is 878. The Balaban J connectivity index is 2.16. The molecule has 0 saturated carbocycles. The lowest BCUT2D eigenvalue weighted by molar-refractivity contribution is -0.116. The number of hydrogen-bond donors (Lipinski definition) is 1. The van der Waals surface area contributed by atoms with Gasteiger partial charge >= 0.3 is 0 Å². The van der Waals surface area contributed by atoms with Gasteiger partial charge in [0.25, 0.3) is 0 Å². The number of benzene rings is 2. The van der Waals surface area contributed by atoms with Crippen molar-refractivity contribution in [1.82, 2.24) is 4.31 Å². The summed E-state index contributed by atoms with van der Waals surface area (Å²) in [7, 11) is -1.07. The third-order valence-electron chi connectivity index (χ3n) is 4.00. The lowest BCUT2D eigenvalue weighted by atomic mass is 10.1. The molecular formula is C18H22N2O4S. The minimum absolute atomic E-state index is 0.0273. The van der Waals surface area contributed by atoms with E-state index in [9.17, 15) is 13.2 Å². The summed E-state index contributed by atoms with van der Waals surface area (Å²) in [5.74, 6) is -0.168. The number of carbonyl (C=O) groups excluding carboxylic acids is 1. The predicted octanol–water partition coefficient (Wildman–Crippen LogP) is 2.57. The lowest BCUT2D eigenvalue weighted by Gasteiger charge is -2.19. The van der Waals surface area contributed by atoms with E-state index in [4.69, 9.17) is 4.74 Å². The summed E-state index contributed by atoms with van der Waals surface area (Å²) in [5, 5.41) is 2.76. The highest BCUT2D eigenvalue weighted by Crippen LogP contribution is 2.25. The second kappa shape index (κ2) is 7.67. The smallest absolute Gasteiger partial charge is 0.246 e. The summed E-state index contributed by atoms with van der Waals surface area (Å²) in [6.07, 6.45) is 0. The average Bonchev–Trinajstić information content (AvgIpc) is 2.58. The van der Waals surface area contributed by atoms with E-state index in [0.717, 1.165) is 15.4 Å². The molecule has 0 radical (unpaired) electrons. The maximum atomic E-state index is 12.7. The predicted molar refractivity (Wildman–Crippen MR) is 97.4 cm³/mol. The number of rotatable bonds is 6. The largest absolute Gasteiger partial charge is 0.495 e. The van der Waals surface area contributed by atoms with Gasteiger partial charge in [-0.25, -0.2) is 8.42 Å². The molecule has 2 aromatic carbocycles. The first-order valence-electron chi connectivity index (χ1n) is 7.72. The van der Waals surface area contributed by atoms with E-state index in [0.29, 0.717) is 5.69 Å². The number of likely N-dealkylation sites (N-methyl/N-ethyl adjacent to an activating group) is 1. The maximum Gasteiger partial charge on any atom is 0.246 e. The van der Waals surface area contributed by atoms with Crippen molar-refractivity contribution in [2.45, 2.75) is 18.7 Å². The molecule has 0 bridgehead atoms. The van der Waals surface area contributed by atoms with Gasteiger partial charge < -0.3 is 10.1 Å². The number of anilines is 1. The van der Waals surface area contributed by atoms with Crippen molar-refractivity contribution >= 4 is 21.6 Å². The molecule has 25 heavy (non-hydrogen) atoms. The molecule has 0 unspecified atom stereocenters. The van der Waals surface area contributed by atoms with Crippen LogP contribution in [0.5, 0.6) is 5.75 Å². The second-order valence-electron chi connectivity index (χ2n) is 5.71. The van der Waals surface area contributed by atoms with E-state index in [1.54, 1.807) is 24.3 Å². The molecule has 0 aliphatic carbocycles. The van der Waals surface area contributed by atoms with Gasteiger partial charge in [0.05, 0.1) is 13.7 Å². The van der Waals surface area contributed by atoms with Gasteiger partial charge in [0, 0.05) is 12.7 Å². The van der Waals surface area contributed by atoms with Crippen LogP contribution in [0.1, 0.15) is 11.1 Å². The van der Waals surface area contributed by atoms with Gasteiger partial charge in [-0.2, -0.15) is 4.31 Å². The summed E-state index contributed by atoms with van der Waals surface area (Å²) >= 11 is 0. The number of sulfonamides is 1. The Kier molecular flexibility index (Phi) is 5.81. The Morgan fingerprint density at radius 3 is 2.48 bits per heavy atom. The third-order valence-corrected chi connectivity index (χ3v) is 5.85. The van der Waals surface area contributed by atoms with E-state index in [2.05, 4.69) is 5.32 Å². The molecule has 0 heterocycles. The normalized spacial score (nSPS) is 11.4. The minimum Gasteiger partial charge on any atom is -0.495 e. The van der Waals surface area contributed by atoms with Crippen LogP contribution in [0, 0.1) is 13.8 Å². The lowest BCUT2D eigenvalue weighted by Crippen LogP contribution is -2.35. The van der Waals surface area contributed by atoms with Gasteiger partial charge in [0.15, 0.2) is 0 Å². The topological polar surface area (TPSA) is 75.7 Å². The average molecular weight is 362 g/mol. The van der Waals surface area contributed by atoms with Gasteiger partial charge in [0.1, 0.15) is 10.6 Å². The molecule has 0 saturated heterocycles. The number of hydrogen-bond acceptors (Lipinski definition) is 4. The van der Waals surface area contributed by atoms with Crippen LogP contribution in [-0.4, -0.2) is 39.3 Å². The number of nitrogens with zero attached hydrogens (tertiary/aromatic N) is 1.